The summed E-state index contributed by atoms with van der Waals surface area (Å²) in [4.78, 5) is 6.92. The van der Waals surface area contributed by atoms with Crippen LogP contribution in [0.4, 0.5) is 5.69 Å². The summed E-state index contributed by atoms with van der Waals surface area (Å²) in [5.41, 5.74) is 2.38. The predicted molar refractivity (Wildman–Crippen MR) is 75.1 cm³/mol. The zero-order chi connectivity index (χ0) is 13.1. The molecule has 0 bridgehead atoms. The molecule has 1 aliphatic heterocycles. The van der Waals surface area contributed by atoms with E-state index >= 15 is 0 Å². The van der Waals surface area contributed by atoms with Crippen molar-refractivity contribution >= 4 is 5.69 Å². The molecule has 0 amide bonds. The summed E-state index contributed by atoms with van der Waals surface area (Å²) >= 11 is 0. The van der Waals surface area contributed by atoms with E-state index in [0.717, 1.165) is 25.4 Å². The molecule has 1 fully saturated rings. The maximum absolute atomic E-state index is 5.79. The lowest BCUT2D eigenvalue weighted by Gasteiger charge is -2.36. The third-order valence-corrected chi connectivity index (χ3v) is 3.56. The van der Waals surface area contributed by atoms with E-state index in [1.807, 2.05) is 6.20 Å². The van der Waals surface area contributed by atoms with Crippen LogP contribution in [0.5, 0.6) is 0 Å². The fourth-order valence-electron chi connectivity index (χ4n) is 2.24. The van der Waals surface area contributed by atoms with Crippen molar-refractivity contribution in [1.82, 2.24) is 4.98 Å². The van der Waals surface area contributed by atoms with Crippen LogP contribution in [0.2, 0.25) is 0 Å². The number of ether oxygens (including phenoxy) is 1. The second-order valence-electron chi connectivity index (χ2n) is 5.70. The third kappa shape index (κ3) is 3.02. The Morgan fingerprint density at radius 2 is 2.06 bits per heavy atom. The Kier molecular flexibility index (Phi) is 4.23. The summed E-state index contributed by atoms with van der Waals surface area (Å²) in [5.74, 6) is 1.06. The highest BCUT2D eigenvalue weighted by Crippen LogP contribution is 2.21. The molecular formula is C15H24N2O. The van der Waals surface area contributed by atoms with E-state index in [1.165, 1.54) is 5.69 Å². The molecule has 0 aliphatic carbocycles. The molecular weight excluding hydrogens is 224 g/mol. The first-order chi connectivity index (χ1) is 8.58. The Morgan fingerprint density at radius 1 is 1.28 bits per heavy atom. The van der Waals surface area contributed by atoms with E-state index in [9.17, 15) is 0 Å². The average molecular weight is 248 g/mol. The molecule has 0 N–H and O–H groups in total. The van der Waals surface area contributed by atoms with Crippen molar-refractivity contribution < 1.29 is 4.74 Å². The van der Waals surface area contributed by atoms with Crippen molar-refractivity contribution in [3.8, 4) is 0 Å². The molecule has 1 aromatic heterocycles. The van der Waals surface area contributed by atoms with E-state index in [1.54, 1.807) is 0 Å². The van der Waals surface area contributed by atoms with E-state index in [2.05, 4.69) is 49.7 Å². The Morgan fingerprint density at radius 3 is 2.61 bits per heavy atom. The average Bonchev–Trinajstić information content (AvgIpc) is 2.39. The second kappa shape index (κ2) is 5.70. The summed E-state index contributed by atoms with van der Waals surface area (Å²) < 4.78 is 5.79. The fourth-order valence-corrected chi connectivity index (χ4v) is 2.24. The summed E-state index contributed by atoms with van der Waals surface area (Å²) in [6.07, 6.45) is 2.33. The van der Waals surface area contributed by atoms with Gasteiger partial charge in [0.1, 0.15) is 0 Å². The summed E-state index contributed by atoms with van der Waals surface area (Å²) in [6, 6.07) is 4.32. The molecule has 18 heavy (non-hydrogen) atoms. The number of morpholine rings is 1. The molecule has 0 spiro atoms. The molecule has 3 heteroatoms. The molecule has 100 valence electrons. The number of rotatable bonds is 3. The molecule has 1 unspecified atom stereocenters. The minimum absolute atomic E-state index is 0.337. The Hall–Kier alpha value is -1.09. The maximum atomic E-state index is 5.79. The molecule has 1 saturated heterocycles. The predicted octanol–water partition coefficient (Wildman–Crippen LogP) is 3.07. The van der Waals surface area contributed by atoms with Gasteiger partial charge >= 0.3 is 0 Å². The van der Waals surface area contributed by atoms with Crippen LogP contribution in [0, 0.1) is 5.92 Å². The van der Waals surface area contributed by atoms with Gasteiger partial charge in [-0.3, -0.25) is 4.98 Å². The van der Waals surface area contributed by atoms with Crippen molar-refractivity contribution in [2.24, 2.45) is 5.92 Å². The molecule has 0 saturated carbocycles. The van der Waals surface area contributed by atoms with Crippen LogP contribution in [-0.4, -0.2) is 30.8 Å². The highest BCUT2D eigenvalue weighted by molar-refractivity contribution is 5.45. The zero-order valence-corrected chi connectivity index (χ0v) is 11.9. The number of hydrogen-bond donors (Lipinski definition) is 0. The largest absolute Gasteiger partial charge is 0.374 e. The van der Waals surface area contributed by atoms with Crippen molar-refractivity contribution in [1.29, 1.82) is 0 Å². The van der Waals surface area contributed by atoms with Crippen molar-refractivity contribution in [2.45, 2.75) is 39.7 Å². The minimum atomic E-state index is 0.337. The van der Waals surface area contributed by atoms with E-state index in [4.69, 9.17) is 4.74 Å². The van der Waals surface area contributed by atoms with Crippen LogP contribution in [0.3, 0.4) is 0 Å². The van der Waals surface area contributed by atoms with Crippen molar-refractivity contribution in [2.75, 3.05) is 24.6 Å². The van der Waals surface area contributed by atoms with Gasteiger partial charge in [-0.1, -0.05) is 27.7 Å². The smallest absolute Gasteiger partial charge is 0.0773 e. The molecule has 1 atom stereocenters. The minimum Gasteiger partial charge on any atom is -0.374 e. The second-order valence-corrected chi connectivity index (χ2v) is 5.70. The van der Waals surface area contributed by atoms with Gasteiger partial charge in [0.15, 0.2) is 0 Å². The zero-order valence-electron chi connectivity index (χ0n) is 11.9. The first kappa shape index (κ1) is 13.3. The standard InChI is InChI=1S/C15H24N2O/c1-11(2)14-6-5-13(9-16-14)17-7-8-18-15(10-17)12(3)4/h5-6,9,11-12,15H,7-8,10H2,1-4H3. The van der Waals surface area contributed by atoms with Gasteiger partial charge in [-0.25, -0.2) is 0 Å². The highest BCUT2D eigenvalue weighted by atomic mass is 16.5. The molecule has 1 aliphatic rings. The number of aromatic nitrogens is 1. The van der Waals surface area contributed by atoms with Gasteiger partial charge in [-0.15, -0.1) is 0 Å². The molecule has 2 rings (SSSR count). The third-order valence-electron chi connectivity index (χ3n) is 3.56. The molecule has 3 nitrogen and oxygen atoms in total. The first-order valence-corrected chi connectivity index (χ1v) is 6.90. The molecule has 1 aromatic rings. The van der Waals surface area contributed by atoms with Gasteiger partial charge in [-0.2, -0.15) is 0 Å². The SMILES string of the molecule is CC(C)c1ccc(N2CCOC(C(C)C)C2)cn1. The van der Waals surface area contributed by atoms with Gasteiger partial charge in [-0.05, 0) is 24.0 Å². The highest BCUT2D eigenvalue weighted by Gasteiger charge is 2.23. The topological polar surface area (TPSA) is 25.4 Å². The van der Waals surface area contributed by atoms with Gasteiger partial charge in [0.05, 0.1) is 24.6 Å². The van der Waals surface area contributed by atoms with Crippen LogP contribution in [0.25, 0.3) is 0 Å². The summed E-state index contributed by atoms with van der Waals surface area (Å²) in [7, 11) is 0. The summed E-state index contributed by atoms with van der Waals surface area (Å²) in [5, 5.41) is 0. The Labute approximate surface area is 110 Å². The van der Waals surface area contributed by atoms with Crippen LogP contribution in [0.15, 0.2) is 18.3 Å². The van der Waals surface area contributed by atoms with Crippen molar-refractivity contribution in [3.05, 3.63) is 24.0 Å². The maximum Gasteiger partial charge on any atom is 0.0773 e. The van der Waals surface area contributed by atoms with Gasteiger partial charge in [0.2, 0.25) is 0 Å². The van der Waals surface area contributed by atoms with E-state index in [0.29, 0.717) is 17.9 Å². The molecule has 0 aromatic carbocycles. The first-order valence-electron chi connectivity index (χ1n) is 6.90. The monoisotopic (exact) mass is 248 g/mol. The number of pyridine rings is 1. The number of nitrogens with zero attached hydrogens (tertiary/aromatic N) is 2. The normalized spacial score (nSPS) is 20.8. The quantitative estimate of drug-likeness (QED) is 0.822. The van der Waals surface area contributed by atoms with E-state index < -0.39 is 0 Å². The van der Waals surface area contributed by atoms with Crippen LogP contribution in [0.1, 0.15) is 39.3 Å². The van der Waals surface area contributed by atoms with Crippen LogP contribution in [-0.2, 0) is 4.74 Å². The van der Waals surface area contributed by atoms with Gasteiger partial charge in [0, 0.05) is 18.8 Å². The van der Waals surface area contributed by atoms with Crippen LogP contribution < -0.4 is 4.90 Å². The Balaban J connectivity index is 2.06. The lowest BCUT2D eigenvalue weighted by atomic mass is 10.1. The van der Waals surface area contributed by atoms with Crippen molar-refractivity contribution in [3.63, 3.8) is 0 Å². The molecule has 2 heterocycles. The summed E-state index contributed by atoms with van der Waals surface area (Å²) in [6.45, 7) is 11.5. The number of anilines is 1. The Bertz CT molecular complexity index is 373. The van der Waals surface area contributed by atoms with Crippen LogP contribution >= 0.6 is 0 Å². The fraction of sp³-hybridized carbons (Fsp3) is 0.667. The number of hydrogen-bond acceptors (Lipinski definition) is 3. The van der Waals surface area contributed by atoms with Gasteiger partial charge < -0.3 is 9.64 Å². The molecule has 0 radical (unpaired) electrons. The lowest BCUT2D eigenvalue weighted by molar-refractivity contribution is 0.0114. The van der Waals surface area contributed by atoms with Gasteiger partial charge in [0.25, 0.3) is 0 Å². The van der Waals surface area contributed by atoms with E-state index in [-0.39, 0.29) is 0 Å². The lowest BCUT2D eigenvalue weighted by Crippen LogP contribution is -2.44.